The molecule has 2 atom stereocenters. The van der Waals surface area contributed by atoms with Crippen LogP contribution in [0.5, 0.6) is 0 Å². The Hall–Kier alpha value is -4.31. The van der Waals surface area contributed by atoms with Gasteiger partial charge in [0, 0.05) is 32.2 Å². The van der Waals surface area contributed by atoms with Gasteiger partial charge in [0.2, 0.25) is 11.7 Å². The summed E-state index contributed by atoms with van der Waals surface area (Å²) in [5.41, 5.74) is 1.65. The fourth-order valence-electron chi connectivity index (χ4n) is 4.94. The average molecular weight is 547 g/mol. The molecule has 0 aromatic heterocycles. The van der Waals surface area contributed by atoms with Gasteiger partial charge in [0.05, 0.1) is 12.2 Å². The summed E-state index contributed by atoms with van der Waals surface area (Å²) < 4.78 is 10.6. The molecule has 2 aliphatic heterocycles. The van der Waals surface area contributed by atoms with Crippen molar-refractivity contribution in [2.24, 2.45) is 10.9 Å². The van der Waals surface area contributed by atoms with E-state index in [1.807, 2.05) is 50.2 Å². The highest BCUT2D eigenvalue weighted by atomic mass is 16.5. The molecule has 0 aliphatic carbocycles. The Bertz CT molecular complexity index is 1310. The lowest BCUT2D eigenvalue weighted by molar-refractivity contribution is -0.168. The van der Waals surface area contributed by atoms with Crippen molar-refractivity contribution in [3.8, 4) is 0 Å². The van der Waals surface area contributed by atoms with Gasteiger partial charge >= 0.3 is 0 Å². The van der Waals surface area contributed by atoms with Crippen LogP contribution in [0.15, 0.2) is 71.9 Å². The van der Waals surface area contributed by atoms with E-state index >= 15 is 0 Å². The van der Waals surface area contributed by atoms with Gasteiger partial charge in [-0.15, -0.1) is 0 Å². The summed E-state index contributed by atoms with van der Waals surface area (Å²) >= 11 is 0. The number of rotatable bonds is 10. The second-order valence-corrected chi connectivity index (χ2v) is 9.92. The summed E-state index contributed by atoms with van der Waals surface area (Å²) in [6.07, 6.45) is 1.68. The van der Waals surface area contributed by atoms with Gasteiger partial charge < -0.3 is 14.4 Å². The first-order chi connectivity index (χ1) is 19.2. The van der Waals surface area contributed by atoms with Crippen LogP contribution < -0.4 is 0 Å². The van der Waals surface area contributed by atoms with Crippen LogP contribution in [-0.2, 0) is 35.1 Å². The van der Waals surface area contributed by atoms with Crippen molar-refractivity contribution >= 4 is 35.1 Å². The molecule has 3 amide bonds. The van der Waals surface area contributed by atoms with E-state index in [4.69, 9.17) is 9.47 Å². The van der Waals surface area contributed by atoms with Crippen molar-refractivity contribution in [2.75, 3.05) is 26.9 Å². The number of carbonyl (C=O) groups is 4. The van der Waals surface area contributed by atoms with Gasteiger partial charge in [-0.1, -0.05) is 74.5 Å². The minimum Gasteiger partial charge on any atom is -0.473 e. The smallest absolute Gasteiger partial charge is 0.269 e. The largest absolute Gasteiger partial charge is 0.473 e. The van der Waals surface area contributed by atoms with E-state index in [0.29, 0.717) is 12.1 Å². The Kier molecular flexibility index (Phi) is 9.11. The van der Waals surface area contributed by atoms with E-state index in [1.165, 1.54) is 29.0 Å². The zero-order chi connectivity index (χ0) is 28.8. The number of nitrogens with zero attached hydrogens (tertiary/aromatic N) is 4. The number of Topliss-reactive ketones (excluding diaryl/α,β-unsaturated/α-hetero) is 1. The predicted molar refractivity (Wildman–Crippen MR) is 148 cm³/mol. The highest BCUT2D eigenvalue weighted by Gasteiger charge is 2.47. The molecule has 0 bridgehead atoms. The lowest BCUT2D eigenvalue weighted by atomic mass is 9.97. The summed E-state index contributed by atoms with van der Waals surface area (Å²) in [5, 5.41) is 2.44. The van der Waals surface area contributed by atoms with E-state index in [-0.39, 0.29) is 37.1 Å². The van der Waals surface area contributed by atoms with Crippen molar-refractivity contribution in [3.63, 3.8) is 0 Å². The van der Waals surface area contributed by atoms with E-state index in [9.17, 15) is 19.2 Å². The molecule has 2 aromatic rings. The number of carbonyl (C=O) groups excluding carboxylic acids is 4. The highest BCUT2D eigenvalue weighted by Crippen LogP contribution is 2.33. The molecule has 0 fully saturated rings. The molecule has 0 saturated carbocycles. The number of hydrogen-bond acceptors (Lipinski definition) is 7. The van der Waals surface area contributed by atoms with E-state index in [2.05, 4.69) is 4.99 Å². The van der Waals surface area contributed by atoms with Crippen molar-refractivity contribution < 1.29 is 28.7 Å². The van der Waals surface area contributed by atoms with Gasteiger partial charge in [-0.25, -0.2) is 15.0 Å². The number of hydrazine groups is 1. The average Bonchev–Trinajstić information content (AvgIpc) is 3.49. The summed E-state index contributed by atoms with van der Waals surface area (Å²) in [7, 11) is 1.41. The second-order valence-electron chi connectivity index (χ2n) is 9.92. The topological polar surface area (TPSA) is 109 Å². The molecular formula is C30H34N4O6. The minimum absolute atomic E-state index is 0.0702. The number of amides is 3. The first kappa shape index (κ1) is 28.7. The Morgan fingerprint density at radius 1 is 1.07 bits per heavy atom. The second kappa shape index (κ2) is 12.7. The van der Waals surface area contributed by atoms with Crippen LogP contribution in [-0.4, -0.2) is 83.3 Å². The van der Waals surface area contributed by atoms with Gasteiger partial charge in [-0.05, 0) is 11.5 Å². The Balaban J connectivity index is 1.91. The van der Waals surface area contributed by atoms with Gasteiger partial charge in [-0.2, -0.15) is 0 Å². The predicted octanol–water partition coefficient (Wildman–Crippen LogP) is 2.70. The normalized spacial score (nSPS) is 17.7. The van der Waals surface area contributed by atoms with Crippen LogP contribution in [0.2, 0.25) is 0 Å². The van der Waals surface area contributed by atoms with Crippen LogP contribution in [0.25, 0.3) is 5.70 Å². The van der Waals surface area contributed by atoms with Crippen LogP contribution in [0, 0.1) is 5.92 Å². The molecule has 2 aromatic carbocycles. The first-order valence-electron chi connectivity index (χ1n) is 13.2. The zero-order valence-corrected chi connectivity index (χ0v) is 23.1. The fourth-order valence-corrected chi connectivity index (χ4v) is 4.94. The summed E-state index contributed by atoms with van der Waals surface area (Å²) in [4.78, 5) is 60.4. The minimum atomic E-state index is -1.14. The van der Waals surface area contributed by atoms with Crippen molar-refractivity contribution in [3.05, 3.63) is 78.0 Å². The third-order valence-electron chi connectivity index (χ3n) is 6.71. The zero-order valence-electron chi connectivity index (χ0n) is 23.1. The fraction of sp³-hybridized carbons (Fsp3) is 0.367. The van der Waals surface area contributed by atoms with Crippen LogP contribution in [0.3, 0.4) is 0 Å². The third-order valence-corrected chi connectivity index (χ3v) is 6.71. The molecule has 40 heavy (non-hydrogen) atoms. The summed E-state index contributed by atoms with van der Waals surface area (Å²) in [6.45, 7) is 5.33. The molecule has 0 spiro atoms. The Morgan fingerprint density at radius 3 is 2.27 bits per heavy atom. The van der Waals surface area contributed by atoms with Gasteiger partial charge in [-0.3, -0.25) is 19.2 Å². The Labute approximate surface area is 233 Å². The molecule has 4 rings (SSSR count). The maximum atomic E-state index is 14.4. The Morgan fingerprint density at radius 2 is 1.73 bits per heavy atom. The van der Waals surface area contributed by atoms with Crippen molar-refractivity contribution in [1.82, 2.24) is 14.9 Å². The van der Waals surface area contributed by atoms with Gasteiger partial charge in [0.25, 0.3) is 17.7 Å². The number of hydrogen-bond donors (Lipinski definition) is 0. The maximum Gasteiger partial charge on any atom is 0.269 e. The molecule has 10 nitrogen and oxygen atoms in total. The van der Waals surface area contributed by atoms with Crippen LogP contribution >= 0.6 is 0 Å². The molecule has 2 heterocycles. The first-order valence-corrected chi connectivity index (χ1v) is 13.2. The van der Waals surface area contributed by atoms with E-state index in [1.54, 1.807) is 30.5 Å². The lowest BCUT2D eigenvalue weighted by Crippen LogP contribution is -2.64. The molecule has 2 aliphatic rings. The standard InChI is InChI=1S/C30H34N4O6/c1-20(2)27-30(38)34(25(23-13-9-6-10-14-23)18-32(27)26(36)19-39-4)33(21(3)35)24(17-22-11-7-5-8-12-22)28(37)29-31-15-16-40-29/h5-14,18,20,24,27H,15-17,19H2,1-4H3/t24-,27?/m0/s1. The highest BCUT2D eigenvalue weighted by molar-refractivity contribution is 6.39. The maximum absolute atomic E-state index is 14.4. The molecule has 0 N–H and O–H groups in total. The number of aliphatic imine (C=N–C) groups is 1. The summed E-state index contributed by atoms with van der Waals surface area (Å²) in [6, 6.07) is 16.1. The number of methoxy groups -OCH3 is 1. The molecule has 10 heteroatoms. The van der Waals surface area contributed by atoms with Crippen molar-refractivity contribution in [1.29, 1.82) is 0 Å². The molecule has 0 radical (unpaired) electrons. The van der Waals surface area contributed by atoms with E-state index < -0.39 is 35.6 Å². The molecule has 1 unspecified atom stereocenters. The number of ether oxygens (including phenoxy) is 2. The van der Waals surface area contributed by atoms with Gasteiger partial charge in [0.15, 0.2) is 0 Å². The third kappa shape index (κ3) is 5.96. The monoisotopic (exact) mass is 546 g/mol. The number of benzene rings is 2. The van der Waals surface area contributed by atoms with Gasteiger partial charge in [0.1, 0.15) is 25.3 Å². The summed E-state index contributed by atoms with van der Waals surface area (Å²) in [5.74, 6) is -2.33. The molecule has 210 valence electrons. The number of ketones is 1. The van der Waals surface area contributed by atoms with Crippen LogP contribution in [0.4, 0.5) is 0 Å². The molecule has 0 saturated heterocycles. The molecular weight excluding hydrogens is 512 g/mol. The van der Waals surface area contributed by atoms with Crippen LogP contribution in [0.1, 0.15) is 31.9 Å². The SMILES string of the molecule is COCC(=O)N1C=C(c2ccccc2)N(N(C(C)=O)[C@@H](Cc2ccccc2)C(=O)C2=NCCO2)C(=O)C1C(C)C. The van der Waals surface area contributed by atoms with Crippen molar-refractivity contribution in [2.45, 2.75) is 39.3 Å². The lowest BCUT2D eigenvalue weighted by Gasteiger charge is -2.46. The quantitative estimate of drug-likeness (QED) is 0.453. The van der Waals surface area contributed by atoms with E-state index in [0.717, 1.165) is 5.56 Å².